The molecule has 0 spiro atoms. The highest BCUT2D eigenvalue weighted by molar-refractivity contribution is 6.31. The van der Waals surface area contributed by atoms with Crippen molar-refractivity contribution in [3.8, 4) is 11.6 Å². The molecule has 0 N–H and O–H groups in total. The van der Waals surface area contributed by atoms with Gasteiger partial charge in [-0.05, 0) is 13.8 Å². The number of hydrogen-bond donors (Lipinski definition) is 0. The van der Waals surface area contributed by atoms with Gasteiger partial charge in [0, 0.05) is 6.04 Å². The molecule has 0 saturated heterocycles. The van der Waals surface area contributed by atoms with E-state index in [-0.39, 0.29) is 11.9 Å². The highest BCUT2D eigenvalue weighted by atomic mass is 35.5. The lowest BCUT2D eigenvalue weighted by Gasteiger charge is -2.07. The van der Waals surface area contributed by atoms with Crippen LogP contribution in [-0.4, -0.2) is 19.7 Å². The largest absolute Gasteiger partial charge is 0.435 e. The predicted octanol–water partition coefficient (Wildman–Crippen LogP) is 3.44. The van der Waals surface area contributed by atoms with Crippen molar-refractivity contribution < 1.29 is 4.74 Å². The summed E-state index contributed by atoms with van der Waals surface area (Å²) in [6.07, 6.45) is 4.74. The minimum atomic E-state index is 0.188. The van der Waals surface area contributed by atoms with E-state index in [0.717, 1.165) is 0 Å². The summed E-state index contributed by atoms with van der Waals surface area (Å²) in [6, 6.07) is 0.267. The Morgan fingerprint density at radius 1 is 1.39 bits per heavy atom. The fourth-order valence-corrected chi connectivity index (χ4v) is 1.84. The fraction of sp³-hybridized carbons (Fsp3) is 0.364. The first kappa shape index (κ1) is 13.1. The van der Waals surface area contributed by atoms with Crippen LogP contribution in [0.2, 0.25) is 5.15 Å². The van der Waals surface area contributed by atoms with E-state index in [4.69, 9.17) is 27.9 Å². The van der Waals surface area contributed by atoms with E-state index in [1.807, 2.05) is 13.8 Å². The van der Waals surface area contributed by atoms with Crippen molar-refractivity contribution >= 4 is 23.2 Å². The predicted molar refractivity (Wildman–Crippen MR) is 69.3 cm³/mol. The minimum absolute atomic E-state index is 0.188. The van der Waals surface area contributed by atoms with E-state index in [2.05, 4.69) is 15.1 Å². The van der Waals surface area contributed by atoms with Crippen molar-refractivity contribution in [3.05, 3.63) is 29.4 Å². The quantitative estimate of drug-likeness (QED) is 0.638. The fourth-order valence-electron chi connectivity index (χ4n) is 1.34. The van der Waals surface area contributed by atoms with Gasteiger partial charge in [-0.3, -0.25) is 4.68 Å². The van der Waals surface area contributed by atoms with Crippen LogP contribution in [0.25, 0.3) is 0 Å². The number of ether oxygens (including phenoxy) is 1. The Balaban J connectivity index is 2.25. The summed E-state index contributed by atoms with van der Waals surface area (Å²) >= 11 is 11.7. The van der Waals surface area contributed by atoms with Gasteiger partial charge in [0.05, 0.1) is 23.8 Å². The molecule has 7 heteroatoms. The summed E-state index contributed by atoms with van der Waals surface area (Å²) in [4.78, 5) is 7.88. The molecular weight excluding hydrogens is 275 g/mol. The Bertz CT molecular complexity index is 542. The second-order valence-electron chi connectivity index (χ2n) is 3.93. The molecule has 2 aromatic rings. The van der Waals surface area contributed by atoms with Crippen LogP contribution in [0.15, 0.2) is 18.7 Å². The summed E-state index contributed by atoms with van der Waals surface area (Å²) in [5, 5.41) is 4.47. The maximum absolute atomic E-state index is 5.92. The van der Waals surface area contributed by atoms with E-state index in [0.29, 0.717) is 22.3 Å². The van der Waals surface area contributed by atoms with E-state index < -0.39 is 0 Å². The number of aromatic nitrogens is 4. The van der Waals surface area contributed by atoms with Crippen LogP contribution in [0.3, 0.4) is 0 Å². The molecule has 0 unspecified atom stereocenters. The zero-order valence-corrected chi connectivity index (χ0v) is 11.5. The Labute approximate surface area is 115 Å². The highest BCUT2D eigenvalue weighted by Crippen LogP contribution is 2.28. The van der Waals surface area contributed by atoms with Gasteiger partial charge in [0.1, 0.15) is 11.5 Å². The lowest BCUT2D eigenvalue weighted by molar-refractivity contribution is 0.453. The molecule has 0 radical (unpaired) electrons. The molecular formula is C11H12Cl2N4O. The van der Waals surface area contributed by atoms with Gasteiger partial charge < -0.3 is 4.74 Å². The molecule has 2 rings (SSSR count). The standard InChI is InChI=1S/C11H12Cl2N4O/c1-7(2)17-5-8(4-16-17)18-11-9(3-12)10(13)14-6-15-11/h4-7H,3H2,1-2H3. The molecule has 0 aromatic carbocycles. The summed E-state index contributed by atoms with van der Waals surface area (Å²) < 4.78 is 7.40. The first-order chi connectivity index (χ1) is 8.61. The summed E-state index contributed by atoms with van der Waals surface area (Å²) in [5.41, 5.74) is 0.568. The van der Waals surface area contributed by atoms with Gasteiger partial charge in [-0.25, -0.2) is 9.97 Å². The topological polar surface area (TPSA) is 52.8 Å². The van der Waals surface area contributed by atoms with Crippen LogP contribution in [0, 0.1) is 0 Å². The molecule has 18 heavy (non-hydrogen) atoms. The molecule has 0 fully saturated rings. The molecule has 2 heterocycles. The minimum Gasteiger partial charge on any atom is -0.435 e. The second-order valence-corrected chi connectivity index (χ2v) is 4.56. The van der Waals surface area contributed by atoms with Crippen molar-refractivity contribution in [1.29, 1.82) is 0 Å². The number of nitrogens with zero attached hydrogens (tertiary/aromatic N) is 4. The highest BCUT2D eigenvalue weighted by Gasteiger charge is 2.12. The number of rotatable bonds is 4. The van der Waals surface area contributed by atoms with Gasteiger partial charge in [-0.1, -0.05) is 11.6 Å². The molecule has 0 aliphatic carbocycles. The number of halogens is 2. The third kappa shape index (κ3) is 2.73. The maximum atomic E-state index is 5.92. The lowest BCUT2D eigenvalue weighted by atomic mass is 10.4. The third-order valence-corrected chi connectivity index (χ3v) is 2.90. The summed E-state index contributed by atoms with van der Waals surface area (Å²) in [7, 11) is 0. The van der Waals surface area contributed by atoms with Crippen molar-refractivity contribution in [1.82, 2.24) is 19.7 Å². The Hall–Kier alpha value is -1.33. The first-order valence-corrected chi connectivity index (χ1v) is 6.30. The Morgan fingerprint density at radius 3 is 2.78 bits per heavy atom. The van der Waals surface area contributed by atoms with Crippen molar-refractivity contribution in [2.45, 2.75) is 25.8 Å². The van der Waals surface area contributed by atoms with Gasteiger partial charge in [0.25, 0.3) is 0 Å². The van der Waals surface area contributed by atoms with Crippen LogP contribution < -0.4 is 4.74 Å². The lowest BCUT2D eigenvalue weighted by Crippen LogP contribution is -2.00. The summed E-state index contributed by atoms with van der Waals surface area (Å²) in [6.45, 7) is 4.06. The normalized spacial score (nSPS) is 10.9. The molecule has 5 nitrogen and oxygen atoms in total. The van der Waals surface area contributed by atoms with Crippen LogP contribution in [-0.2, 0) is 5.88 Å². The zero-order valence-electron chi connectivity index (χ0n) is 9.97. The SMILES string of the molecule is CC(C)n1cc(Oc2ncnc(Cl)c2CCl)cn1. The Kier molecular flexibility index (Phi) is 4.04. The monoisotopic (exact) mass is 286 g/mol. The van der Waals surface area contributed by atoms with Crippen LogP contribution in [0.1, 0.15) is 25.5 Å². The number of hydrogen-bond acceptors (Lipinski definition) is 4. The third-order valence-electron chi connectivity index (χ3n) is 2.31. The van der Waals surface area contributed by atoms with Crippen LogP contribution >= 0.6 is 23.2 Å². The van der Waals surface area contributed by atoms with E-state index in [9.17, 15) is 0 Å². The van der Waals surface area contributed by atoms with Crippen LogP contribution in [0.5, 0.6) is 11.6 Å². The smallest absolute Gasteiger partial charge is 0.228 e. The van der Waals surface area contributed by atoms with E-state index in [1.54, 1.807) is 17.1 Å². The molecule has 0 amide bonds. The van der Waals surface area contributed by atoms with Gasteiger partial charge >= 0.3 is 0 Å². The molecule has 0 aliphatic heterocycles. The zero-order chi connectivity index (χ0) is 13.1. The second kappa shape index (κ2) is 5.54. The molecule has 0 bridgehead atoms. The average Bonchev–Trinajstić information content (AvgIpc) is 2.78. The molecule has 0 saturated carbocycles. The van der Waals surface area contributed by atoms with Gasteiger partial charge in [0.2, 0.25) is 5.88 Å². The summed E-state index contributed by atoms with van der Waals surface area (Å²) in [5.74, 6) is 1.13. The Morgan fingerprint density at radius 2 is 2.17 bits per heavy atom. The first-order valence-electron chi connectivity index (χ1n) is 5.39. The van der Waals surface area contributed by atoms with E-state index >= 15 is 0 Å². The molecule has 0 aliphatic rings. The average molecular weight is 287 g/mol. The molecule has 0 atom stereocenters. The van der Waals surface area contributed by atoms with Gasteiger partial charge in [0.15, 0.2) is 5.75 Å². The van der Waals surface area contributed by atoms with Gasteiger partial charge in [-0.15, -0.1) is 11.6 Å². The molecule has 2 aromatic heterocycles. The van der Waals surface area contributed by atoms with Crippen molar-refractivity contribution in [2.75, 3.05) is 0 Å². The number of alkyl halides is 1. The van der Waals surface area contributed by atoms with Gasteiger partial charge in [-0.2, -0.15) is 5.10 Å². The van der Waals surface area contributed by atoms with E-state index in [1.165, 1.54) is 6.33 Å². The van der Waals surface area contributed by atoms with Crippen molar-refractivity contribution in [2.24, 2.45) is 0 Å². The molecule has 96 valence electrons. The van der Waals surface area contributed by atoms with Crippen LogP contribution in [0.4, 0.5) is 0 Å². The van der Waals surface area contributed by atoms with Crippen molar-refractivity contribution in [3.63, 3.8) is 0 Å². The maximum Gasteiger partial charge on any atom is 0.228 e.